The lowest BCUT2D eigenvalue weighted by molar-refractivity contribution is 0.282. The van der Waals surface area contributed by atoms with Gasteiger partial charge in [-0.2, -0.15) is 0 Å². The van der Waals surface area contributed by atoms with Gasteiger partial charge < -0.3 is 10.0 Å². The van der Waals surface area contributed by atoms with Crippen LogP contribution in [0.15, 0.2) is 64.2 Å². The van der Waals surface area contributed by atoms with Crippen LogP contribution >= 0.6 is 0 Å². The molecule has 0 spiro atoms. The summed E-state index contributed by atoms with van der Waals surface area (Å²) in [5.74, 6) is 0. The van der Waals surface area contributed by atoms with E-state index in [2.05, 4.69) is 29.2 Å². The SMILES string of the molecule is Cn1c(CN(c2cccc(CO)c2)C2Cc3ccccc3C2)cc(=O)n(C)c1=O. The van der Waals surface area contributed by atoms with E-state index < -0.39 is 0 Å². The zero-order valence-electron chi connectivity index (χ0n) is 16.7. The maximum Gasteiger partial charge on any atom is 0.330 e. The second-order valence-electron chi connectivity index (χ2n) is 7.66. The Morgan fingerprint density at radius 1 is 0.966 bits per heavy atom. The Morgan fingerprint density at radius 3 is 2.31 bits per heavy atom. The van der Waals surface area contributed by atoms with Crippen molar-refractivity contribution in [3.05, 3.63) is 97.8 Å². The van der Waals surface area contributed by atoms with Gasteiger partial charge in [-0.3, -0.25) is 13.9 Å². The highest BCUT2D eigenvalue weighted by molar-refractivity contribution is 5.52. The van der Waals surface area contributed by atoms with Crippen molar-refractivity contribution >= 4 is 5.69 Å². The van der Waals surface area contributed by atoms with E-state index in [1.54, 1.807) is 7.05 Å². The molecule has 6 nitrogen and oxygen atoms in total. The number of fused-ring (bicyclic) bond motifs is 1. The Bertz CT molecular complexity index is 1140. The van der Waals surface area contributed by atoms with Crippen molar-refractivity contribution in [3.63, 3.8) is 0 Å². The molecule has 0 atom stereocenters. The average molecular weight is 391 g/mol. The van der Waals surface area contributed by atoms with Gasteiger partial charge in [0.1, 0.15) is 0 Å². The highest BCUT2D eigenvalue weighted by Crippen LogP contribution is 2.30. The molecule has 6 heteroatoms. The van der Waals surface area contributed by atoms with E-state index in [9.17, 15) is 14.7 Å². The summed E-state index contributed by atoms with van der Waals surface area (Å²) in [5, 5.41) is 9.58. The molecule has 1 N–H and O–H groups in total. The third-order valence-corrected chi connectivity index (χ3v) is 5.85. The molecule has 0 fully saturated rings. The van der Waals surface area contributed by atoms with Crippen molar-refractivity contribution in [1.82, 2.24) is 9.13 Å². The number of benzene rings is 2. The Balaban J connectivity index is 1.76. The molecule has 0 aliphatic heterocycles. The second kappa shape index (κ2) is 7.72. The van der Waals surface area contributed by atoms with E-state index in [4.69, 9.17) is 0 Å². The van der Waals surface area contributed by atoms with E-state index in [1.807, 2.05) is 24.3 Å². The maximum atomic E-state index is 12.4. The predicted octanol–water partition coefficient (Wildman–Crippen LogP) is 1.75. The first-order chi connectivity index (χ1) is 14.0. The molecule has 29 heavy (non-hydrogen) atoms. The molecular weight excluding hydrogens is 366 g/mol. The number of rotatable bonds is 5. The fraction of sp³-hybridized carbons (Fsp3) is 0.304. The quantitative estimate of drug-likeness (QED) is 0.720. The van der Waals surface area contributed by atoms with Crippen molar-refractivity contribution in [3.8, 4) is 0 Å². The van der Waals surface area contributed by atoms with Crippen molar-refractivity contribution in [2.24, 2.45) is 14.1 Å². The van der Waals surface area contributed by atoms with E-state index in [1.165, 1.54) is 28.8 Å². The van der Waals surface area contributed by atoms with Gasteiger partial charge in [0.15, 0.2) is 0 Å². The van der Waals surface area contributed by atoms with Gasteiger partial charge in [0.05, 0.1) is 13.2 Å². The molecule has 1 aliphatic rings. The molecule has 2 aromatic carbocycles. The lowest BCUT2D eigenvalue weighted by Crippen LogP contribution is -2.42. The van der Waals surface area contributed by atoms with Gasteiger partial charge in [0.25, 0.3) is 5.56 Å². The molecule has 1 aromatic heterocycles. The normalized spacial score (nSPS) is 13.5. The third-order valence-electron chi connectivity index (χ3n) is 5.85. The molecule has 0 bridgehead atoms. The Morgan fingerprint density at radius 2 is 1.66 bits per heavy atom. The highest BCUT2D eigenvalue weighted by atomic mass is 16.3. The summed E-state index contributed by atoms with van der Waals surface area (Å²) in [4.78, 5) is 26.9. The minimum Gasteiger partial charge on any atom is -0.392 e. The molecule has 1 heterocycles. The zero-order valence-corrected chi connectivity index (χ0v) is 16.7. The number of aliphatic hydroxyl groups excluding tert-OH is 1. The van der Waals surface area contributed by atoms with Crippen LogP contribution in [0.2, 0.25) is 0 Å². The molecule has 0 unspecified atom stereocenters. The van der Waals surface area contributed by atoms with Crippen LogP contribution in [0.5, 0.6) is 0 Å². The van der Waals surface area contributed by atoms with Crippen molar-refractivity contribution in [2.75, 3.05) is 4.90 Å². The summed E-state index contributed by atoms with van der Waals surface area (Å²) in [6.07, 6.45) is 1.80. The molecule has 150 valence electrons. The maximum absolute atomic E-state index is 12.4. The molecule has 0 saturated carbocycles. The summed E-state index contributed by atoms with van der Waals surface area (Å²) in [6.45, 7) is 0.409. The number of hydrogen-bond acceptors (Lipinski definition) is 4. The minimum absolute atomic E-state index is 0.0308. The van der Waals surface area contributed by atoms with Crippen LogP contribution in [-0.2, 0) is 40.1 Å². The molecule has 0 radical (unpaired) electrons. The first-order valence-electron chi connectivity index (χ1n) is 9.77. The van der Waals surface area contributed by atoms with Crippen molar-refractivity contribution in [1.29, 1.82) is 0 Å². The van der Waals surface area contributed by atoms with E-state index >= 15 is 0 Å². The molecule has 0 saturated heterocycles. The first kappa shape index (κ1) is 19.2. The van der Waals surface area contributed by atoms with Crippen molar-refractivity contribution < 1.29 is 5.11 Å². The lowest BCUT2D eigenvalue weighted by atomic mass is 10.1. The molecule has 4 rings (SSSR count). The number of aromatic nitrogens is 2. The standard InChI is InChI=1S/C23H25N3O3/c1-24-21(13-22(28)25(2)23(24)29)14-26(19-9-5-6-16(10-19)15-27)20-11-17-7-3-4-8-18(17)12-20/h3-10,13,20,27H,11-12,14-15H2,1-2H3. The molecule has 1 aliphatic carbocycles. The average Bonchev–Trinajstić information content (AvgIpc) is 3.17. The topological polar surface area (TPSA) is 67.5 Å². The van der Waals surface area contributed by atoms with E-state index in [-0.39, 0.29) is 23.9 Å². The largest absolute Gasteiger partial charge is 0.392 e. The van der Waals surface area contributed by atoms with Gasteiger partial charge in [-0.05, 0) is 41.7 Å². The lowest BCUT2D eigenvalue weighted by Gasteiger charge is -2.32. The zero-order chi connectivity index (χ0) is 20.5. The van der Waals surface area contributed by atoms with E-state index in [0.29, 0.717) is 12.2 Å². The molecule has 0 amide bonds. The van der Waals surface area contributed by atoms with Crippen LogP contribution in [0, 0.1) is 0 Å². The Kier molecular flexibility index (Phi) is 5.11. The van der Waals surface area contributed by atoms with Gasteiger partial charge in [0, 0.05) is 37.6 Å². The van der Waals surface area contributed by atoms with E-state index in [0.717, 1.165) is 28.7 Å². The Hall–Kier alpha value is -3.12. The van der Waals surface area contributed by atoms with Gasteiger partial charge in [-0.25, -0.2) is 4.79 Å². The molecular formula is C23H25N3O3. The van der Waals surface area contributed by atoms with Gasteiger partial charge >= 0.3 is 5.69 Å². The van der Waals surface area contributed by atoms with Crippen molar-refractivity contribution in [2.45, 2.75) is 32.0 Å². The molecule has 3 aromatic rings. The number of aliphatic hydroxyl groups is 1. The Labute approximate surface area is 169 Å². The third kappa shape index (κ3) is 3.63. The monoisotopic (exact) mass is 391 g/mol. The first-order valence-corrected chi connectivity index (χ1v) is 9.77. The smallest absolute Gasteiger partial charge is 0.330 e. The summed E-state index contributed by atoms with van der Waals surface area (Å²) >= 11 is 0. The number of hydrogen-bond donors (Lipinski definition) is 1. The number of nitrogens with zero attached hydrogens (tertiary/aromatic N) is 3. The predicted molar refractivity (Wildman–Crippen MR) is 113 cm³/mol. The summed E-state index contributed by atoms with van der Waals surface area (Å²) in [7, 11) is 3.19. The summed E-state index contributed by atoms with van der Waals surface area (Å²) in [6, 6.07) is 18.0. The van der Waals surface area contributed by atoms with Crippen LogP contribution < -0.4 is 16.1 Å². The van der Waals surface area contributed by atoms with Crippen LogP contribution in [0.3, 0.4) is 0 Å². The fourth-order valence-corrected chi connectivity index (χ4v) is 4.13. The van der Waals surface area contributed by atoms with Crippen LogP contribution in [-0.4, -0.2) is 20.3 Å². The number of anilines is 1. The highest BCUT2D eigenvalue weighted by Gasteiger charge is 2.28. The van der Waals surface area contributed by atoms with Crippen LogP contribution in [0.4, 0.5) is 5.69 Å². The fourth-order valence-electron chi connectivity index (χ4n) is 4.13. The second-order valence-corrected chi connectivity index (χ2v) is 7.66. The summed E-state index contributed by atoms with van der Waals surface area (Å²) < 4.78 is 2.65. The van der Waals surface area contributed by atoms with Gasteiger partial charge in [0.2, 0.25) is 0 Å². The summed E-state index contributed by atoms with van der Waals surface area (Å²) in [5.41, 5.74) is 4.51. The minimum atomic E-state index is -0.328. The van der Waals surface area contributed by atoms with Crippen LogP contribution in [0.1, 0.15) is 22.4 Å². The van der Waals surface area contributed by atoms with Gasteiger partial charge in [-0.15, -0.1) is 0 Å². The van der Waals surface area contributed by atoms with Gasteiger partial charge in [-0.1, -0.05) is 36.4 Å². The van der Waals surface area contributed by atoms with Crippen LogP contribution in [0.25, 0.3) is 0 Å².